The zero-order valence-corrected chi connectivity index (χ0v) is 13.0. The van der Waals surface area contributed by atoms with Crippen LogP contribution >= 0.6 is 11.6 Å². The lowest BCUT2D eigenvalue weighted by atomic mass is 9.99. The minimum Gasteiger partial charge on any atom is -0.494 e. The van der Waals surface area contributed by atoms with Crippen molar-refractivity contribution in [1.29, 1.82) is 0 Å². The number of hydrogen-bond acceptors (Lipinski definition) is 2. The highest BCUT2D eigenvalue weighted by molar-refractivity contribution is 6.30. The van der Waals surface area contributed by atoms with Gasteiger partial charge in [0.1, 0.15) is 5.75 Å². The Bertz CT molecular complexity index is 622. The van der Waals surface area contributed by atoms with Crippen LogP contribution in [0.1, 0.15) is 25.3 Å². The minimum atomic E-state index is 0.681. The van der Waals surface area contributed by atoms with Gasteiger partial charge >= 0.3 is 0 Å². The van der Waals surface area contributed by atoms with E-state index in [1.807, 2.05) is 25.1 Å². The largest absolute Gasteiger partial charge is 0.494 e. The Hall–Kier alpha value is -1.51. The summed E-state index contributed by atoms with van der Waals surface area (Å²) in [4.78, 5) is 0. The molecule has 2 aromatic carbocycles. The summed E-state index contributed by atoms with van der Waals surface area (Å²) in [6.07, 6.45) is 2.57. The van der Waals surface area contributed by atoms with Crippen molar-refractivity contribution in [1.82, 2.24) is 5.32 Å². The summed E-state index contributed by atoms with van der Waals surface area (Å²) in [6.45, 7) is 3.54. The Balaban J connectivity index is 1.90. The molecule has 1 saturated carbocycles. The lowest BCUT2D eigenvalue weighted by Gasteiger charge is -2.12. The summed E-state index contributed by atoms with van der Waals surface area (Å²) in [7, 11) is 0. The molecular weight excluding hydrogens is 282 g/mol. The van der Waals surface area contributed by atoms with Gasteiger partial charge in [-0.15, -0.1) is 0 Å². The zero-order valence-electron chi connectivity index (χ0n) is 12.2. The predicted molar refractivity (Wildman–Crippen MR) is 87.9 cm³/mol. The molecule has 1 fully saturated rings. The fraction of sp³-hybridized carbons (Fsp3) is 0.333. The molecule has 0 aromatic heterocycles. The molecule has 1 aliphatic rings. The molecule has 0 saturated heterocycles. The van der Waals surface area contributed by atoms with Crippen LogP contribution < -0.4 is 10.1 Å². The van der Waals surface area contributed by atoms with E-state index in [2.05, 4.69) is 29.6 Å². The van der Waals surface area contributed by atoms with Crippen LogP contribution in [0.25, 0.3) is 11.1 Å². The van der Waals surface area contributed by atoms with E-state index in [1.165, 1.54) is 29.5 Å². The molecule has 2 nitrogen and oxygen atoms in total. The summed E-state index contributed by atoms with van der Waals surface area (Å²) >= 11 is 6.16. The van der Waals surface area contributed by atoms with Crippen LogP contribution in [-0.2, 0) is 6.54 Å². The van der Waals surface area contributed by atoms with Gasteiger partial charge in [0, 0.05) is 17.6 Å². The molecule has 0 unspecified atom stereocenters. The molecule has 3 heteroatoms. The third-order valence-electron chi connectivity index (χ3n) is 3.68. The first-order valence-electron chi connectivity index (χ1n) is 7.51. The molecule has 0 heterocycles. The lowest BCUT2D eigenvalue weighted by molar-refractivity contribution is 0.340. The second kappa shape index (κ2) is 6.50. The van der Waals surface area contributed by atoms with Crippen LogP contribution in [0.2, 0.25) is 5.02 Å². The van der Waals surface area contributed by atoms with Gasteiger partial charge in [0.15, 0.2) is 0 Å². The molecule has 1 aliphatic carbocycles. The molecule has 0 atom stereocenters. The first-order valence-corrected chi connectivity index (χ1v) is 7.89. The monoisotopic (exact) mass is 301 g/mol. The van der Waals surface area contributed by atoms with Gasteiger partial charge in [0.2, 0.25) is 0 Å². The van der Waals surface area contributed by atoms with E-state index < -0.39 is 0 Å². The van der Waals surface area contributed by atoms with Crippen molar-refractivity contribution in [2.45, 2.75) is 32.4 Å². The summed E-state index contributed by atoms with van der Waals surface area (Å²) < 4.78 is 5.60. The van der Waals surface area contributed by atoms with Crippen LogP contribution in [-0.4, -0.2) is 12.6 Å². The van der Waals surface area contributed by atoms with E-state index in [0.29, 0.717) is 12.6 Å². The third kappa shape index (κ3) is 3.78. The topological polar surface area (TPSA) is 21.3 Å². The van der Waals surface area contributed by atoms with E-state index in [4.69, 9.17) is 16.3 Å². The lowest BCUT2D eigenvalue weighted by Crippen LogP contribution is -2.15. The number of nitrogens with one attached hydrogen (secondary N) is 1. The van der Waals surface area contributed by atoms with E-state index in [9.17, 15) is 0 Å². The SMILES string of the molecule is CCOc1cccc(-c2ccc(Cl)cc2CNC2CC2)c1. The molecule has 0 radical (unpaired) electrons. The average Bonchev–Trinajstić information content (AvgIpc) is 3.30. The highest BCUT2D eigenvalue weighted by atomic mass is 35.5. The van der Waals surface area contributed by atoms with Gasteiger partial charge in [-0.05, 0) is 60.7 Å². The van der Waals surface area contributed by atoms with E-state index >= 15 is 0 Å². The van der Waals surface area contributed by atoms with Crippen molar-refractivity contribution in [2.75, 3.05) is 6.61 Å². The number of halogens is 1. The average molecular weight is 302 g/mol. The maximum absolute atomic E-state index is 6.16. The standard InChI is InChI=1S/C18H20ClNO/c1-2-21-17-5-3-4-13(11-17)18-9-6-15(19)10-14(18)12-20-16-7-8-16/h3-6,9-11,16,20H,2,7-8,12H2,1H3. The van der Waals surface area contributed by atoms with Gasteiger partial charge in [-0.1, -0.05) is 29.8 Å². The van der Waals surface area contributed by atoms with Crippen molar-refractivity contribution in [3.8, 4) is 16.9 Å². The summed E-state index contributed by atoms with van der Waals surface area (Å²) in [5.74, 6) is 0.908. The van der Waals surface area contributed by atoms with Crippen molar-refractivity contribution in [3.63, 3.8) is 0 Å². The fourth-order valence-electron chi connectivity index (χ4n) is 2.45. The quantitative estimate of drug-likeness (QED) is 0.838. The Morgan fingerprint density at radius 1 is 1.19 bits per heavy atom. The highest BCUT2D eigenvalue weighted by Crippen LogP contribution is 2.30. The molecule has 1 N–H and O–H groups in total. The molecule has 0 aliphatic heterocycles. The predicted octanol–water partition coefficient (Wildman–Crippen LogP) is 4.66. The molecule has 0 amide bonds. The fourth-order valence-corrected chi connectivity index (χ4v) is 2.65. The first kappa shape index (κ1) is 14.4. The maximum Gasteiger partial charge on any atom is 0.119 e. The van der Waals surface area contributed by atoms with Gasteiger partial charge < -0.3 is 10.1 Å². The number of benzene rings is 2. The maximum atomic E-state index is 6.16. The summed E-state index contributed by atoms with van der Waals surface area (Å²) in [6, 6.07) is 15.0. The number of hydrogen-bond donors (Lipinski definition) is 1. The molecular formula is C18H20ClNO. The van der Waals surface area contributed by atoms with Crippen molar-refractivity contribution in [2.24, 2.45) is 0 Å². The molecule has 2 aromatic rings. The second-order valence-corrected chi connectivity index (χ2v) is 5.85. The van der Waals surface area contributed by atoms with E-state index in [-0.39, 0.29) is 0 Å². The second-order valence-electron chi connectivity index (χ2n) is 5.42. The van der Waals surface area contributed by atoms with Crippen molar-refractivity contribution < 1.29 is 4.74 Å². The van der Waals surface area contributed by atoms with E-state index in [0.717, 1.165) is 17.3 Å². The molecule has 0 bridgehead atoms. The number of rotatable bonds is 6. The minimum absolute atomic E-state index is 0.681. The van der Waals surface area contributed by atoms with Crippen molar-refractivity contribution >= 4 is 11.6 Å². The van der Waals surface area contributed by atoms with Crippen LogP contribution in [0.4, 0.5) is 0 Å². The van der Waals surface area contributed by atoms with Crippen LogP contribution in [0.5, 0.6) is 5.75 Å². The van der Waals surface area contributed by atoms with Gasteiger partial charge in [0.05, 0.1) is 6.61 Å². The Kier molecular flexibility index (Phi) is 4.47. The Labute approximate surface area is 131 Å². The summed E-state index contributed by atoms with van der Waals surface area (Å²) in [5, 5.41) is 4.34. The molecule has 21 heavy (non-hydrogen) atoms. The third-order valence-corrected chi connectivity index (χ3v) is 3.92. The van der Waals surface area contributed by atoms with Crippen molar-refractivity contribution in [3.05, 3.63) is 53.1 Å². The molecule has 0 spiro atoms. The Morgan fingerprint density at radius 3 is 2.81 bits per heavy atom. The van der Waals surface area contributed by atoms with Crippen LogP contribution in [0.15, 0.2) is 42.5 Å². The zero-order chi connectivity index (χ0) is 14.7. The van der Waals surface area contributed by atoms with Gasteiger partial charge in [0.25, 0.3) is 0 Å². The van der Waals surface area contributed by atoms with Crippen LogP contribution in [0.3, 0.4) is 0 Å². The molecule has 110 valence electrons. The highest BCUT2D eigenvalue weighted by Gasteiger charge is 2.20. The normalized spacial score (nSPS) is 14.2. The van der Waals surface area contributed by atoms with Gasteiger partial charge in [-0.25, -0.2) is 0 Å². The molecule has 3 rings (SSSR count). The summed E-state index contributed by atoms with van der Waals surface area (Å²) in [5.41, 5.74) is 3.63. The van der Waals surface area contributed by atoms with Crippen LogP contribution in [0, 0.1) is 0 Å². The van der Waals surface area contributed by atoms with E-state index in [1.54, 1.807) is 0 Å². The van der Waals surface area contributed by atoms with Gasteiger partial charge in [-0.3, -0.25) is 0 Å². The first-order chi connectivity index (χ1) is 10.3. The smallest absolute Gasteiger partial charge is 0.119 e. The Morgan fingerprint density at radius 2 is 2.05 bits per heavy atom. The number of ether oxygens (including phenoxy) is 1. The van der Waals surface area contributed by atoms with Gasteiger partial charge in [-0.2, -0.15) is 0 Å².